The summed E-state index contributed by atoms with van der Waals surface area (Å²) in [6.07, 6.45) is 0. The van der Waals surface area contributed by atoms with Gasteiger partial charge < -0.3 is 9.80 Å². The topological polar surface area (TPSA) is 49.3 Å². The molecule has 1 fully saturated rings. The summed E-state index contributed by atoms with van der Waals surface area (Å²) in [6, 6.07) is 7.70. The Bertz CT molecular complexity index is 662. The fraction of sp³-hybridized carbons (Fsp3) is 0.438. The van der Waals surface area contributed by atoms with E-state index in [0.29, 0.717) is 11.5 Å². The van der Waals surface area contributed by atoms with E-state index in [4.69, 9.17) is 0 Å². The van der Waals surface area contributed by atoms with Gasteiger partial charge in [0.1, 0.15) is 11.5 Å². The summed E-state index contributed by atoms with van der Waals surface area (Å²) in [7, 11) is 0. The fourth-order valence-corrected chi connectivity index (χ4v) is 2.77. The summed E-state index contributed by atoms with van der Waals surface area (Å²) in [5, 5.41) is 0.839. The van der Waals surface area contributed by atoms with Crippen LogP contribution < -0.4 is 0 Å². The number of rotatable bonds is 2. The maximum Gasteiger partial charge on any atom is 0.273 e. The third kappa shape index (κ3) is 2.74. The Morgan fingerprint density at radius 3 is 2.57 bits per heavy atom. The number of para-hydroxylation sites is 1. The van der Waals surface area contributed by atoms with Gasteiger partial charge in [0.05, 0.1) is 5.52 Å². The van der Waals surface area contributed by atoms with Crippen molar-refractivity contribution in [1.82, 2.24) is 19.8 Å². The van der Waals surface area contributed by atoms with Gasteiger partial charge in [-0.05, 0) is 19.5 Å². The molecule has 1 aliphatic rings. The smallest absolute Gasteiger partial charge is 0.273 e. The van der Waals surface area contributed by atoms with Crippen LogP contribution in [0.4, 0.5) is 0 Å². The second-order valence-corrected chi connectivity index (χ2v) is 5.36. The van der Waals surface area contributed by atoms with E-state index in [9.17, 15) is 4.79 Å². The van der Waals surface area contributed by atoms with Crippen molar-refractivity contribution >= 4 is 16.8 Å². The Kier molecular flexibility index (Phi) is 3.84. The first-order valence-electron chi connectivity index (χ1n) is 7.44. The summed E-state index contributed by atoms with van der Waals surface area (Å²) in [5.74, 6) is 0.664. The van der Waals surface area contributed by atoms with Crippen molar-refractivity contribution < 1.29 is 4.79 Å². The molecule has 0 aliphatic carbocycles. The number of fused-ring (bicyclic) bond motifs is 1. The van der Waals surface area contributed by atoms with Crippen LogP contribution in [0, 0.1) is 6.92 Å². The molecule has 1 aliphatic heterocycles. The highest BCUT2D eigenvalue weighted by molar-refractivity contribution is 6.04. The van der Waals surface area contributed by atoms with E-state index in [0.717, 1.165) is 43.6 Å². The normalized spacial score (nSPS) is 16.4. The molecule has 1 amide bonds. The molecule has 0 spiro atoms. The quantitative estimate of drug-likeness (QED) is 0.842. The molecule has 0 atom stereocenters. The Hall–Kier alpha value is -2.01. The number of likely N-dealkylation sites (N-methyl/N-ethyl adjacent to an activating group) is 1. The first kappa shape index (κ1) is 13.9. The molecule has 1 aromatic heterocycles. The lowest BCUT2D eigenvalue weighted by Gasteiger charge is -2.34. The van der Waals surface area contributed by atoms with Crippen molar-refractivity contribution in [2.24, 2.45) is 0 Å². The second-order valence-electron chi connectivity index (χ2n) is 5.36. The first-order chi connectivity index (χ1) is 10.2. The van der Waals surface area contributed by atoms with Crippen LogP contribution in [0.3, 0.4) is 0 Å². The summed E-state index contributed by atoms with van der Waals surface area (Å²) in [6.45, 7) is 8.43. The van der Waals surface area contributed by atoms with E-state index >= 15 is 0 Å². The Labute approximate surface area is 124 Å². The average Bonchev–Trinajstić information content (AvgIpc) is 2.53. The molecule has 1 aromatic carbocycles. The predicted molar refractivity (Wildman–Crippen MR) is 82.3 cm³/mol. The number of carbonyl (C=O) groups excluding carboxylic acids is 1. The second kappa shape index (κ2) is 5.77. The summed E-state index contributed by atoms with van der Waals surface area (Å²) >= 11 is 0. The minimum Gasteiger partial charge on any atom is -0.335 e. The Morgan fingerprint density at radius 2 is 1.86 bits per heavy atom. The van der Waals surface area contributed by atoms with Crippen LogP contribution in [-0.2, 0) is 0 Å². The van der Waals surface area contributed by atoms with E-state index in [1.54, 1.807) is 0 Å². The van der Waals surface area contributed by atoms with E-state index in [1.165, 1.54) is 0 Å². The highest BCUT2D eigenvalue weighted by Gasteiger charge is 2.24. The van der Waals surface area contributed by atoms with Crippen molar-refractivity contribution in [3.05, 3.63) is 35.8 Å². The molecule has 2 aromatic rings. The number of hydrogen-bond acceptors (Lipinski definition) is 4. The number of carbonyl (C=O) groups is 1. The van der Waals surface area contributed by atoms with Gasteiger partial charge in [-0.15, -0.1) is 0 Å². The maximum atomic E-state index is 12.8. The van der Waals surface area contributed by atoms with Crippen molar-refractivity contribution in [2.75, 3.05) is 32.7 Å². The zero-order chi connectivity index (χ0) is 14.8. The van der Waals surface area contributed by atoms with Gasteiger partial charge in [-0.25, -0.2) is 9.97 Å². The maximum absolute atomic E-state index is 12.8. The Balaban J connectivity index is 1.91. The van der Waals surface area contributed by atoms with Crippen molar-refractivity contribution in [2.45, 2.75) is 13.8 Å². The van der Waals surface area contributed by atoms with Crippen LogP contribution in [-0.4, -0.2) is 58.4 Å². The summed E-state index contributed by atoms with van der Waals surface area (Å²) in [5.41, 5.74) is 1.36. The molecule has 0 radical (unpaired) electrons. The molecule has 5 nitrogen and oxygen atoms in total. The van der Waals surface area contributed by atoms with Crippen LogP contribution in [0.2, 0.25) is 0 Å². The van der Waals surface area contributed by atoms with E-state index in [1.807, 2.05) is 36.1 Å². The standard InChI is InChI=1S/C16H20N4O/c1-3-19-8-10-20(11-9-19)16(21)15-13-6-4-5-7-14(13)17-12(2)18-15/h4-7H,3,8-11H2,1-2H3. The summed E-state index contributed by atoms with van der Waals surface area (Å²) in [4.78, 5) is 25.8. The van der Waals surface area contributed by atoms with Crippen LogP contribution in [0.25, 0.3) is 10.9 Å². The van der Waals surface area contributed by atoms with Gasteiger partial charge in [-0.3, -0.25) is 4.79 Å². The van der Waals surface area contributed by atoms with E-state index < -0.39 is 0 Å². The molecule has 3 rings (SSSR count). The van der Waals surface area contributed by atoms with Crippen LogP contribution in [0.1, 0.15) is 23.2 Å². The largest absolute Gasteiger partial charge is 0.335 e. The lowest BCUT2D eigenvalue weighted by Crippen LogP contribution is -2.48. The van der Waals surface area contributed by atoms with Gasteiger partial charge in [0.25, 0.3) is 5.91 Å². The number of amides is 1. The fourth-order valence-electron chi connectivity index (χ4n) is 2.77. The van der Waals surface area contributed by atoms with Crippen molar-refractivity contribution in [3.63, 3.8) is 0 Å². The molecule has 0 N–H and O–H groups in total. The predicted octanol–water partition coefficient (Wildman–Crippen LogP) is 1.72. The average molecular weight is 284 g/mol. The van der Waals surface area contributed by atoms with Crippen LogP contribution in [0.15, 0.2) is 24.3 Å². The van der Waals surface area contributed by atoms with Crippen LogP contribution in [0.5, 0.6) is 0 Å². The summed E-state index contributed by atoms with van der Waals surface area (Å²) < 4.78 is 0. The number of benzene rings is 1. The first-order valence-corrected chi connectivity index (χ1v) is 7.44. The number of aromatic nitrogens is 2. The Morgan fingerprint density at radius 1 is 1.14 bits per heavy atom. The van der Waals surface area contributed by atoms with E-state index in [-0.39, 0.29) is 5.91 Å². The molecular weight excluding hydrogens is 264 g/mol. The molecule has 0 unspecified atom stereocenters. The number of hydrogen-bond donors (Lipinski definition) is 0. The van der Waals surface area contributed by atoms with Gasteiger partial charge in [0.15, 0.2) is 0 Å². The highest BCUT2D eigenvalue weighted by Crippen LogP contribution is 2.18. The van der Waals surface area contributed by atoms with Gasteiger partial charge in [-0.1, -0.05) is 25.1 Å². The third-order valence-corrected chi connectivity index (χ3v) is 4.02. The number of aryl methyl sites for hydroxylation is 1. The molecule has 1 saturated heterocycles. The van der Waals surface area contributed by atoms with Gasteiger partial charge in [-0.2, -0.15) is 0 Å². The SMILES string of the molecule is CCN1CCN(C(=O)c2nc(C)nc3ccccc23)CC1. The molecule has 5 heteroatoms. The van der Waals surface area contributed by atoms with Gasteiger partial charge in [0, 0.05) is 31.6 Å². The third-order valence-electron chi connectivity index (χ3n) is 4.02. The number of piperazine rings is 1. The monoisotopic (exact) mass is 284 g/mol. The molecule has 0 bridgehead atoms. The minimum absolute atomic E-state index is 0.0208. The van der Waals surface area contributed by atoms with Crippen molar-refractivity contribution in [3.8, 4) is 0 Å². The molecule has 21 heavy (non-hydrogen) atoms. The minimum atomic E-state index is 0.0208. The van der Waals surface area contributed by atoms with E-state index in [2.05, 4.69) is 21.8 Å². The van der Waals surface area contributed by atoms with Gasteiger partial charge >= 0.3 is 0 Å². The zero-order valence-corrected chi connectivity index (χ0v) is 12.5. The highest BCUT2D eigenvalue weighted by atomic mass is 16.2. The molecular formula is C16H20N4O. The van der Waals surface area contributed by atoms with Gasteiger partial charge in [0.2, 0.25) is 0 Å². The zero-order valence-electron chi connectivity index (χ0n) is 12.5. The molecule has 2 heterocycles. The van der Waals surface area contributed by atoms with Crippen molar-refractivity contribution in [1.29, 1.82) is 0 Å². The lowest BCUT2D eigenvalue weighted by atomic mass is 10.1. The molecule has 0 saturated carbocycles. The molecule has 110 valence electrons. The lowest BCUT2D eigenvalue weighted by molar-refractivity contribution is 0.0639. The number of nitrogens with zero attached hydrogens (tertiary/aromatic N) is 4. The van der Waals surface area contributed by atoms with Crippen LogP contribution >= 0.6 is 0 Å².